The van der Waals surface area contributed by atoms with E-state index in [4.69, 9.17) is 23.8 Å². The molecule has 1 aliphatic rings. The molecule has 1 saturated heterocycles. The average molecular weight is 517 g/mol. The van der Waals surface area contributed by atoms with Crippen LogP contribution >= 0.6 is 23.8 Å². The maximum atomic E-state index is 12.2. The first-order chi connectivity index (χ1) is 17.4. The van der Waals surface area contributed by atoms with Gasteiger partial charge in [-0.15, -0.1) is 0 Å². The minimum absolute atomic E-state index is 0.0914. The molecule has 5 rings (SSSR count). The third-order valence-corrected chi connectivity index (χ3v) is 6.76. The second kappa shape index (κ2) is 10.1. The molecule has 0 spiro atoms. The first-order valence-corrected chi connectivity index (χ1v) is 12.4. The lowest BCUT2D eigenvalue weighted by atomic mass is 10.0. The molecule has 0 radical (unpaired) electrons. The molecule has 2 N–H and O–H groups in total. The molecule has 3 aromatic heterocycles. The van der Waals surface area contributed by atoms with Gasteiger partial charge in [0, 0.05) is 47.8 Å². The standard InChI is InChI=1S/C27H25ClN6OS/c1-17(2)26(35)31-21-9-8-19(16-20(21)28)34-25(24(32-27(34)36)22-6-3-4-12-30-22)23-7-5-15-33(23)18-10-13-29-14-11-18/h3-17,24-25H,1-2H3,(H,31,35)(H,32,36). The van der Waals surface area contributed by atoms with Gasteiger partial charge in [0.1, 0.15) is 6.04 Å². The summed E-state index contributed by atoms with van der Waals surface area (Å²) in [6.45, 7) is 3.68. The fraction of sp³-hybridized carbons (Fsp3) is 0.185. The summed E-state index contributed by atoms with van der Waals surface area (Å²) >= 11 is 12.5. The number of amides is 1. The van der Waals surface area contributed by atoms with E-state index in [1.807, 2.05) is 74.6 Å². The monoisotopic (exact) mass is 516 g/mol. The highest BCUT2D eigenvalue weighted by atomic mass is 35.5. The highest BCUT2D eigenvalue weighted by Crippen LogP contribution is 2.43. The van der Waals surface area contributed by atoms with Gasteiger partial charge in [-0.3, -0.25) is 14.8 Å². The highest BCUT2D eigenvalue weighted by Gasteiger charge is 2.42. The Morgan fingerprint density at radius 2 is 1.86 bits per heavy atom. The van der Waals surface area contributed by atoms with E-state index in [0.29, 0.717) is 15.8 Å². The molecule has 0 bridgehead atoms. The number of benzene rings is 1. The first-order valence-electron chi connectivity index (χ1n) is 11.6. The van der Waals surface area contributed by atoms with E-state index in [0.717, 1.165) is 22.8 Å². The number of hydrogen-bond acceptors (Lipinski definition) is 4. The fourth-order valence-electron chi connectivity index (χ4n) is 4.34. The van der Waals surface area contributed by atoms with Crippen molar-refractivity contribution in [2.75, 3.05) is 10.2 Å². The number of thiocarbonyl (C=S) groups is 1. The summed E-state index contributed by atoms with van der Waals surface area (Å²) < 4.78 is 2.13. The molecule has 7 nitrogen and oxygen atoms in total. The maximum absolute atomic E-state index is 12.2. The Morgan fingerprint density at radius 1 is 1.06 bits per heavy atom. The Morgan fingerprint density at radius 3 is 2.56 bits per heavy atom. The van der Waals surface area contributed by atoms with E-state index in [-0.39, 0.29) is 23.9 Å². The molecule has 1 aromatic carbocycles. The lowest BCUT2D eigenvalue weighted by Crippen LogP contribution is -2.30. The van der Waals surface area contributed by atoms with Crippen molar-refractivity contribution in [3.63, 3.8) is 0 Å². The van der Waals surface area contributed by atoms with Gasteiger partial charge in [-0.25, -0.2) is 0 Å². The molecular weight excluding hydrogens is 492 g/mol. The van der Waals surface area contributed by atoms with Crippen molar-refractivity contribution in [2.45, 2.75) is 25.9 Å². The third kappa shape index (κ3) is 4.57. The zero-order chi connectivity index (χ0) is 25.2. The van der Waals surface area contributed by atoms with Crippen LogP contribution in [0.25, 0.3) is 5.69 Å². The number of rotatable bonds is 6. The van der Waals surface area contributed by atoms with Crippen molar-refractivity contribution < 1.29 is 4.79 Å². The summed E-state index contributed by atoms with van der Waals surface area (Å²) in [6, 6.07) is 19.0. The molecule has 4 aromatic rings. The Bertz CT molecular complexity index is 1390. The van der Waals surface area contributed by atoms with Crippen molar-refractivity contribution in [1.29, 1.82) is 0 Å². The van der Waals surface area contributed by atoms with E-state index >= 15 is 0 Å². The summed E-state index contributed by atoms with van der Waals surface area (Å²) in [6.07, 6.45) is 7.35. The molecule has 2 unspecified atom stereocenters. The third-order valence-electron chi connectivity index (χ3n) is 6.14. The van der Waals surface area contributed by atoms with Crippen LogP contribution < -0.4 is 15.5 Å². The molecule has 0 saturated carbocycles. The number of hydrogen-bond donors (Lipinski definition) is 2. The van der Waals surface area contributed by atoms with Gasteiger partial charge in [0.25, 0.3) is 0 Å². The van der Waals surface area contributed by atoms with Crippen LogP contribution in [-0.2, 0) is 4.79 Å². The molecule has 36 heavy (non-hydrogen) atoms. The molecule has 1 amide bonds. The first kappa shape index (κ1) is 24.0. The van der Waals surface area contributed by atoms with Crippen LogP contribution in [0.4, 0.5) is 11.4 Å². The number of aromatic nitrogens is 3. The topological polar surface area (TPSA) is 75.1 Å². The summed E-state index contributed by atoms with van der Waals surface area (Å²) in [4.78, 5) is 23.1. The smallest absolute Gasteiger partial charge is 0.226 e. The Balaban J connectivity index is 1.59. The van der Waals surface area contributed by atoms with Crippen molar-refractivity contribution in [2.24, 2.45) is 5.92 Å². The molecule has 2 atom stereocenters. The molecule has 4 heterocycles. The van der Waals surface area contributed by atoms with Gasteiger partial charge >= 0.3 is 0 Å². The molecule has 9 heteroatoms. The Kier molecular flexibility index (Phi) is 6.71. The molecule has 1 aliphatic heterocycles. The zero-order valence-electron chi connectivity index (χ0n) is 19.8. The summed E-state index contributed by atoms with van der Waals surface area (Å²) in [5.41, 5.74) is 4.27. The van der Waals surface area contributed by atoms with Gasteiger partial charge in [-0.2, -0.15) is 0 Å². The number of carbonyl (C=O) groups excluding carboxylic acids is 1. The van der Waals surface area contributed by atoms with Crippen LogP contribution in [0, 0.1) is 5.92 Å². The van der Waals surface area contributed by atoms with Crippen molar-refractivity contribution >= 4 is 46.2 Å². The van der Waals surface area contributed by atoms with Crippen LogP contribution in [0.5, 0.6) is 0 Å². The predicted octanol–water partition coefficient (Wildman–Crippen LogP) is 5.69. The number of halogens is 1. The van der Waals surface area contributed by atoms with Gasteiger partial charge in [0.2, 0.25) is 5.91 Å². The molecular formula is C27H25ClN6OS. The minimum Gasteiger partial charge on any atom is -0.351 e. The van der Waals surface area contributed by atoms with Crippen molar-refractivity contribution in [3.8, 4) is 5.69 Å². The normalized spacial score (nSPS) is 17.3. The minimum atomic E-state index is -0.220. The maximum Gasteiger partial charge on any atom is 0.226 e. The van der Waals surface area contributed by atoms with E-state index in [9.17, 15) is 4.79 Å². The lowest BCUT2D eigenvalue weighted by Gasteiger charge is -2.29. The van der Waals surface area contributed by atoms with E-state index in [1.165, 1.54) is 0 Å². The van der Waals surface area contributed by atoms with Gasteiger partial charge in [0.05, 0.1) is 22.4 Å². The van der Waals surface area contributed by atoms with Crippen LogP contribution in [0.1, 0.15) is 37.3 Å². The Labute approximate surface area is 220 Å². The number of pyridine rings is 2. The molecule has 1 fully saturated rings. The van der Waals surface area contributed by atoms with Crippen molar-refractivity contribution in [3.05, 3.63) is 102 Å². The summed E-state index contributed by atoms with van der Waals surface area (Å²) in [5.74, 6) is -0.244. The number of anilines is 2. The number of nitrogens with one attached hydrogen (secondary N) is 2. The van der Waals surface area contributed by atoms with Crippen LogP contribution in [0.15, 0.2) is 85.5 Å². The zero-order valence-corrected chi connectivity index (χ0v) is 21.4. The fourth-order valence-corrected chi connectivity index (χ4v) is 4.91. The van der Waals surface area contributed by atoms with Gasteiger partial charge in [-0.1, -0.05) is 31.5 Å². The lowest BCUT2D eigenvalue weighted by molar-refractivity contribution is -0.118. The van der Waals surface area contributed by atoms with Crippen LogP contribution in [-0.4, -0.2) is 25.6 Å². The van der Waals surface area contributed by atoms with Crippen molar-refractivity contribution in [1.82, 2.24) is 19.9 Å². The average Bonchev–Trinajstić information content (AvgIpc) is 3.50. The molecule has 0 aliphatic carbocycles. The van der Waals surface area contributed by atoms with E-state index in [1.54, 1.807) is 18.6 Å². The van der Waals surface area contributed by atoms with Crippen LogP contribution in [0.3, 0.4) is 0 Å². The Hall–Kier alpha value is -3.75. The molecule has 182 valence electrons. The van der Waals surface area contributed by atoms with Gasteiger partial charge < -0.3 is 20.1 Å². The van der Waals surface area contributed by atoms with Gasteiger partial charge in [-0.05, 0) is 66.8 Å². The SMILES string of the molecule is CC(C)C(=O)Nc1ccc(N2C(=S)NC(c3ccccn3)C2c2cccn2-c2ccncc2)cc1Cl. The highest BCUT2D eigenvalue weighted by molar-refractivity contribution is 7.80. The number of carbonyl (C=O) groups is 1. The second-order valence-corrected chi connectivity index (χ2v) is 9.61. The number of nitrogens with zero attached hydrogens (tertiary/aromatic N) is 4. The predicted molar refractivity (Wildman–Crippen MR) is 146 cm³/mol. The van der Waals surface area contributed by atoms with E-state index in [2.05, 4.69) is 36.1 Å². The van der Waals surface area contributed by atoms with E-state index < -0.39 is 0 Å². The largest absolute Gasteiger partial charge is 0.351 e. The van der Waals surface area contributed by atoms with Gasteiger partial charge in [0.15, 0.2) is 5.11 Å². The second-order valence-electron chi connectivity index (χ2n) is 8.81. The summed E-state index contributed by atoms with van der Waals surface area (Å²) in [7, 11) is 0. The van der Waals surface area contributed by atoms with Crippen LogP contribution in [0.2, 0.25) is 5.02 Å². The quantitative estimate of drug-likeness (QED) is 0.320. The summed E-state index contributed by atoms with van der Waals surface area (Å²) in [5, 5.41) is 7.36.